The Labute approximate surface area is 184 Å². The molecule has 0 amide bonds. The van der Waals surface area contributed by atoms with Crippen molar-refractivity contribution in [1.29, 1.82) is 0 Å². The summed E-state index contributed by atoms with van der Waals surface area (Å²) in [7, 11) is 0. The predicted molar refractivity (Wildman–Crippen MR) is 116 cm³/mol. The Kier molecular flexibility index (Phi) is 6.61. The first-order valence-electron chi connectivity index (χ1n) is 10.3. The van der Waals surface area contributed by atoms with Crippen molar-refractivity contribution in [3.05, 3.63) is 89.1 Å². The summed E-state index contributed by atoms with van der Waals surface area (Å²) >= 11 is 0. The molecule has 0 unspecified atom stereocenters. The highest BCUT2D eigenvalue weighted by atomic mass is 19.2. The van der Waals surface area contributed by atoms with Gasteiger partial charge in [-0.2, -0.15) is 0 Å². The van der Waals surface area contributed by atoms with Gasteiger partial charge in [0.15, 0.2) is 11.6 Å². The van der Waals surface area contributed by atoms with Crippen molar-refractivity contribution in [3.63, 3.8) is 0 Å². The average molecular weight is 439 g/mol. The first-order chi connectivity index (χ1) is 15.5. The highest BCUT2D eigenvalue weighted by Gasteiger charge is 2.22. The van der Waals surface area contributed by atoms with E-state index in [9.17, 15) is 18.7 Å². The Hall–Kier alpha value is -3.52. The first kappa shape index (κ1) is 21.7. The largest absolute Gasteiger partial charge is 0.489 e. The number of rotatable bonds is 7. The van der Waals surface area contributed by atoms with Gasteiger partial charge in [0.05, 0.1) is 0 Å². The summed E-state index contributed by atoms with van der Waals surface area (Å²) in [5, 5.41) is 9.37. The van der Waals surface area contributed by atoms with Crippen LogP contribution in [0.25, 0.3) is 0 Å². The number of aromatic carboxylic acids is 1. The van der Waals surface area contributed by atoms with E-state index in [4.69, 9.17) is 4.74 Å². The summed E-state index contributed by atoms with van der Waals surface area (Å²) < 4.78 is 31.8. The zero-order valence-electron chi connectivity index (χ0n) is 17.4. The van der Waals surface area contributed by atoms with Gasteiger partial charge in [0.2, 0.25) is 0 Å². The quantitative estimate of drug-likeness (QED) is 0.601. The number of nitrogens with zero attached hydrogens (tertiary/aromatic N) is 3. The zero-order chi connectivity index (χ0) is 22.5. The normalized spacial score (nSPS) is 14.4. The van der Waals surface area contributed by atoms with Crippen molar-refractivity contribution in [2.45, 2.75) is 13.2 Å². The fourth-order valence-corrected chi connectivity index (χ4v) is 3.67. The second kappa shape index (κ2) is 9.74. The fraction of sp³-hybridized carbons (Fsp3) is 0.250. The Bertz CT molecular complexity index is 1080. The number of benzene rings is 2. The van der Waals surface area contributed by atoms with Crippen LogP contribution in [0.2, 0.25) is 0 Å². The second-order valence-electron chi connectivity index (χ2n) is 7.62. The molecule has 1 N–H and O–H groups in total. The van der Waals surface area contributed by atoms with Crippen LogP contribution in [0.15, 0.2) is 60.8 Å². The molecule has 2 aromatic carbocycles. The topological polar surface area (TPSA) is 65.9 Å². The van der Waals surface area contributed by atoms with Crippen molar-refractivity contribution >= 4 is 11.8 Å². The Balaban J connectivity index is 1.28. The fourth-order valence-electron chi connectivity index (χ4n) is 3.67. The number of anilines is 1. The van der Waals surface area contributed by atoms with Crippen molar-refractivity contribution in [1.82, 2.24) is 9.88 Å². The maximum atomic E-state index is 13.3. The van der Waals surface area contributed by atoms with Crippen molar-refractivity contribution < 1.29 is 23.4 Å². The van der Waals surface area contributed by atoms with Crippen LogP contribution in [-0.2, 0) is 13.2 Å². The molecule has 1 fully saturated rings. The molecule has 0 bridgehead atoms. The third-order valence-corrected chi connectivity index (χ3v) is 5.41. The summed E-state index contributed by atoms with van der Waals surface area (Å²) in [5.41, 5.74) is 2.31. The number of carbonyl (C=O) groups is 1. The summed E-state index contributed by atoms with van der Waals surface area (Å²) in [6, 6.07) is 14.7. The van der Waals surface area contributed by atoms with Gasteiger partial charge >= 0.3 is 5.97 Å². The minimum absolute atomic E-state index is 0.224. The van der Waals surface area contributed by atoms with Crippen LogP contribution < -0.4 is 9.64 Å². The molecule has 32 heavy (non-hydrogen) atoms. The molecule has 6 nitrogen and oxygen atoms in total. The molecule has 1 aliphatic rings. The third-order valence-electron chi connectivity index (χ3n) is 5.41. The highest BCUT2D eigenvalue weighted by molar-refractivity contribution is 5.93. The Morgan fingerprint density at radius 3 is 2.38 bits per heavy atom. The van der Waals surface area contributed by atoms with Crippen molar-refractivity contribution in [2.75, 3.05) is 31.1 Å². The smallest absolute Gasteiger partial charge is 0.339 e. The van der Waals surface area contributed by atoms with Gasteiger partial charge in [-0.25, -0.2) is 18.6 Å². The van der Waals surface area contributed by atoms with Gasteiger partial charge in [-0.3, -0.25) is 4.90 Å². The molecule has 1 aromatic heterocycles. The zero-order valence-corrected chi connectivity index (χ0v) is 17.4. The minimum atomic E-state index is -0.968. The summed E-state index contributed by atoms with van der Waals surface area (Å²) in [5.74, 6) is -2.00. The Morgan fingerprint density at radius 2 is 1.69 bits per heavy atom. The van der Waals surface area contributed by atoms with Crippen molar-refractivity contribution in [3.8, 4) is 5.75 Å². The van der Waals surface area contributed by atoms with Gasteiger partial charge in [-0.05, 0) is 35.4 Å². The highest BCUT2D eigenvalue weighted by Crippen LogP contribution is 2.20. The minimum Gasteiger partial charge on any atom is -0.489 e. The standard InChI is InChI=1S/C24H23F2N3O3/c25-21-8-7-19(14-22(21)26)32-16-18-5-3-17(4-6-18)15-28-10-12-29(13-11-28)23-20(24(30)31)2-1-9-27-23/h1-9,14H,10-13,15-16H2,(H,30,31). The van der Waals surface area contributed by atoms with Gasteiger partial charge < -0.3 is 14.7 Å². The van der Waals surface area contributed by atoms with Gasteiger partial charge in [0.25, 0.3) is 0 Å². The van der Waals surface area contributed by atoms with Gasteiger partial charge in [0, 0.05) is 45.0 Å². The maximum absolute atomic E-state index is 13.3. The maximum Gasteiger partial charge on any atom is 0.339 e. The van der Waals surface area contributed by atoms with E-state index in [0.29, 0.717) is 18.9 Å². The SMILES string of the molecule is O=C(O)c1cccnc1N1CCN(Cc2ccc(COc3ccc(F)c(F)c3)cc2)CC1. The number of aromatic nitrogens is 1. The molecular weight excluding hydrogens is 416 g/mol. The van der Waals surface area contributed by atoms with Crippen LogP contribution in [-0.4, -0.2) is 47.1 Å². The lowest BCUT2D eigenvalue weighted by Gasteiger charge is -2.35. The molecule has 2 heterocycles. The van der Waals surface area contributed by atoms with E-state index in [1.54, 1.807) is 18.3 Å². The van der Waals surface area contributed by atoms with Gasteiger partial charge in [-0.1, -0.05) is 24.3 Å². The van der Waals surface area contributed by atoms with E-state index in [1.165, 1.54) is 6.07 Å². The monoisotopic (exact) mass is 439 g/mol. The number of pyridine rings is 1. The number of hydrogen-bond donors (Lipinski definition) is 1. The summed E-state index contributed by atoms with van der Waals surface area (Å²) in [6.45, 7) is 4.06. The Morgan fingerprint density at radius 1 is 0.969 bits per heavy atom. The molecule has 166 valence electrons. The van der Waals surface area contributed by atoms with E-state index in [-0.39, 0.29) is 17.9 Å². The van der Waals surface area contributed by atoms with E-state index < -0.39 is 17.6 Å². The second-order valence-corrected chi connectivity index (χ2v) is 7.62. The number of hydrogen-bond acceptors (Lipinski definition) is 5. The van der Waals surface area contributed by atoms with E-state index in [2.05, 4.69) is 9.88 Å². The van der Waals surface area contributed by atoms with Crippen LogP contribution in [0, 0.1) is 11.6 Å². The van der Waals surface area contributed by atoms with Crippen molar-refractivity contribution in [2.24, 2.45) is 0 Å². The molecular formula is C24H23F2N3O3. The van der Waals surface area contributed by atoms with Crippen LogP contribution >= 0.6 is 0 Å². The third kappa shape index (κ3) is 5.20. The molecule has 0 saturated carbocycles. The number of ether oxygens (including phenoxy) is 1. The van der Waals surface area contributed by atoms with Crippen LogP contribution in [0.3, 0.4) is 0 Å². The molecule has 4 rings (SSSR count). The molecule has 0 radical (unpaired) electrons. The van der Waals surface area contributed by atoms with Crippen LogP contribution in [0.4, 0.5) is 14.6 Å². The molecule has 8 heteroatoms. The number of piperazine rings is 1. The van der Waals surface area contributed by atoms with Crippen LogP contribution in [0.5, 0.6) is 5.75 Å². The van der Waals surface area contributed by atoms with E-state index >= 15 is 0 Å². The molecule has 0 spiro atoms. The van der Waals surface area contributed by atoms with E-state index in [0.717, 1.165) is 42.9 Å². The lowest BCUT2D eigenvalue weighted by atomic mass is 10.1. The lowest BCUT2D eigenvalue weighted by Crippen LogP contribution is -2.46. The molecule has 1 saturated heterocycles. The van der Waals surface area contributed by atoms with E-state index in [1.807, 2.05) is 29.2 Å². The van der Waals surface area contributed by atoms with Crippen LogP contribution in [0.1, 0.15) is 21.5 Å². The van der Waals surface area contributed by atoms with Gasteiger partial charge in [-0.15, -0.1) is 0 Å². The molecule has 3 aromatic rings. The average Bonchev–Trinajstić information content (AvgIpc) is 2.81. The first-order valence-corrected chi connectivity index (χ1v) is 10.3. The molecule has 1 aliphatic heterocycles. The molecule has 0 aliphatic carbocycles. The lowest BCUT2D eigenvalue weighted by molar-refractivity contribution is 0.0697. The predicted octanol–water partition coefficient (Wildman–Crippen LogP) is 3.96. The number of halogens is 2. The summed E-state index contributed by atoms with van der Waals surface area (Å²) in [6.07, 6.45) is 1.62. The number of carboxylic acids is 1. The number of carboxylic acid groups (broad SMARTS) is 1. The van der Waals surface area contributed by atoms with Gasteiger partial charge in [0.1, 0.15) is 23.7 Å². The summed E-state index contributed by atoms with van der Waals surface area (Å²) in [4.78, 5) is 20.0. The molecule has 0 atom stereocenters.